The van der Waals surface area contributed by atoms with Gasteiger partial charge in [0.1, 0.15) is 16.9 Å². The number of ether oxygens (including phenoxy) is 1. The molecule has 38 heavy (non-hydrogen) atoms. The SMILES string of the molecule is COc1ccc(C2SC(CC(=O)CCc3cc4ccccc4[nH]3)C(=O)N2c2ccc(C(N)=O)c(Cl)c2)cc1. The normalized spacial score (nSPS) is 17.2. The average Bonchev–Trinajstić information content (AvgIpc) is 3.48. The first kappa shape index (κ1) is 25.9. The Balaban J connectivity index is 1.35. The van der Waals surface area contributed by atoms with Crippen LogP contribution in [0, 0.1) is 0 Å². The predicted octanol–water partition coefficient (Wildman–Crippen LogP) is 5.67. The fraction of sp³-hybridized carbons (Fsp3) is 0.207. The van der Waals surface area contributed by atoms with Crippen LogP contribution in [-0.4, -0.2) is 34.9 Å². The van der Waals surface area contributed by atoms with Gasteiger partial charge in [-0.25, -0.2) is 0 Å². The number of Topliss-reactive ketones (excluding diaryl/α,β-unsaturated/α-hetero) is 1. The summed E-state index contributed by atoms with van der Waals surface area (Å²) >= 11 is 7.74. The van der Waals surface area contributed by atoms with Gasteiger partial charge in [0, 0.05) is 29.7 Å². The molecule has 2 atom stereocenters. The number of para-hydroxylation sites is 1. The molecule has 5 rings (SSSR count). The highest BCUT2D eigenvalue weighted by atomic mass is 35.5. The van der Waals surface area contributed by atoms with Crippen LogP contribution in [0.4, 0.5) is 5.69 Å². The number of methoxy groups -OCH3 is 1. The van der Waals surface area contributed by atoms with Gasteiger partial charge in [0.25, 0.3) is 0 Å². The first-order valence-corrected chi connectivity index (χ1v) is 13.5. The maximum absolute atomic E-state index is 13.7. The van der Waals surface area contributed by atoms with Crippen molar-refractivity contribution in [3.05, 3.63) is 94.6 Å². The van der Waals surface area contributed by atoms with Crippen molar-refractivity contribution in [2.45, 2.75) is 29.9 Å². The summed E-state index contributed by atoms with van der Waals surface area (Å²) in [6.45, 7) is 0. The smallest absolute Gasteiger partial charge is 0.250 e. The number of anilines is 1. The zero-order valence-electron chi connectivity index (χ0n) is 20.6. The van der Waals surface area contributed by atoms with E-state index in [9.17, 15) is 14.4 Å². The Hall–Kier alpha value is -3.75. The summed E-state index contributed by atoms with van der Waals surface area (Å²) in [4.78, 5) is 43.3. The van der Waals surface area contributed by atoms with Crippen molar-refractivity contribution in [3.8, 4) is 5.75 Å². The topological polar surface area (TPSA) is 105 Å². The van der Waals surface area contributed by atoms with Gasteiger partial charge in [-0.15, -0.1) is 11.8 Å². The molecule has 0 spiro atoms. The van der Waals surface area contributed by atoms with Gasteiger partial charge in [-0.2, -0.15) is 0 Å². The monoisotopic (exact) mass is 547 g/mol. The molecular formula is C29H26ClN3O4S. The molecule has 3 N–H and O–H groups in total. The van der Waals surface area contributed by atoms with Crippen LogP contribution in [0.25, 0.3) is 10.9 Å². The number of aromatic amines is 1. The van der Waals surface area contributed by atoms with Crippen LogP contribution >= 0.6 is 23.4 Å². The molecule has 1 saturated heterocycles. The van der Waals surface area contributed by atoms with Crippen molar-refractivity contribution in [2.75, 3.05) is 12.0 Å². The van der Waals surface area contributed by atoms with Crippen LogP contribution in [0.1, 0.15) is 39.8 Å². The Morgan fingerprint density at radius 2 is 1.84 bits per heavy atom. The summed E-state index contributed by atoms with van der Waals surface area (Å²) in [5, 5.41) is 0.344. The van der Waals surface area contributed by atoms with E-state index in [4.69, 9.17) is 22.1 Å². The molecule has 4 aromatic rings. The van der Waals surface area contributed by atoms with Crippen molar-refractivity contribution in [3.63, 3.8) is 0 Å². The number of aromatic nitrogens is 1. The Labute approximate surface area is 229 Å². The van der Waals surface area contributed by atoms with E-state index in [2.05, 4.69) is 11.1 Å². The molecule has 2 amide bonds. The maximum Gasteiger partial charge on any atom is 0.250 e. The van der Waals surface area contributed by atoms with Gasteiger partial charge in [0.2, 0.25) is 11.8 Å². The van der Waals surface area contributed by atoms with Gasteiger partial charge in [0.05, 0.1) is 22.9 Å². The number of carbonyl (C=O) groups excluding carboxylic acids is 3. The third-order valence-electron chi connectivity index (χ3n) is 6.61. The summed E-state index contributed by atoms with van der Waals surface area (Å²) in [6, 6.07) is 22.2. The zero-order chi connectivity index (χ0) is 26.8. The lowest BCUT2D eigenvalue weighted by Gasteiger charge is -2.25. The van der Waals surface area contributed by atoms with Gasteiger partial charge in [0.15, 0.2) is 0 Å². The van der Waals surface area contributed by atoms with E-state index in [0.717, 1.165) is 22.2 Å². The van der Waals surface area contributed by atoms with E-state index in [1.165, 1.54) is 17.8 Å². The van der Waals surface area contributed by atoms with E-state index in [0.29, 0.717) is 24.3 Å². The molecule has 2 unspecified atom stereocenters. The van der Waals surface area contributed by atoms with Crippen molar-refractivity contribution >= 4 is 57.6 Å². The van der Waals surface area contributed by atoms with Crippen LogP contribution in [0.5, 0.6) is 5.75 Å². The molecule has 194 valence electrons. The number of nitrogens with two attached hydrogens (primary N) is 1. The highest BCUT2D eigenvalue weighted by molar-refractivity contribution is 8.01. The number of primary amides is 1. The van der Waals surface area contributed by atoms with Crippen LogP contribution in [0.3, 0.4) is 0 Å². The lowest BCUT2D eigenvalue weighted by atomic mass is 10.1. The van der Waals surface area contributed by atoms with E-state index in [1.54, 1.807) is 24.1 Å². The molecule has 0 bridgehead atoms. The lowest BCUT2D eigenvalue weighted by molar-refractivity contribution is -0.123. The van der Waals surface area contributed by atoms with Gasteiger partial charge < -0.3 is 15.5 Å². The van der Waals surface area contributed by atoms with Crippen molar-refractivity contribution < 1.29 is 19.1 Å². The fourth-order valence-corrected chi connectivity index (χ4v) is 6.40. The minimum absolute atomic E-state index is 0.0203. The summed E-state index contributed by atoms with van der Waals surface area (Å²) in [7, 11) is 1.59. The number of hydrogen-bond donors (Lipinski definition) is 2. The van der Waals surface area contributed by atoms with Crippen molar-refractivity contribution in [2.24, 2.45) is 5.73 Å². The summed E-state index contributed by atoms with van der Waals surface area (Å²) in [5.74, 6) is -0.106. The molecule has 1 aliphatic rings. The number of hydrogen-bond acceptors (Lipinski definition) is 5. The number of benzene rings is 3. The minimum Gasteiger partial charge on any atom is -0.497 e. The number of fused-ring (bicyclic) bond motifs is 1. The highest BCUT2D eigenvalue weighted by Gasteiger charge is 2.42. The van der Waals surface area contributed by atoms with Crippen LogP contribution in [0.2, 0.25) is 5.02 Å². The summed E-state index contributed by atoms with van der Waals surface area (Å²) in [5.41, 5.74) is 9.03. The predicted molar refractivity (Wildman–Crippen MR) is 151 cm³/mol. The Kier molecular flexibility index (Phi) is 7.44. The van der Waals surface area contributed by atoms with Gasteiger partial charge in [-0.3, -0.25) is 19.3 Å². The van der Waals surface area contributed by atoms with Gasteiger partial charge in [-0.05, 0) is 59.8 Å². The number of aryl methyl sites for hydroxylation is 1. The maximum atomic E-state index is 13.7. The van der Waals surface area contributed by atoms with Crippen molar-refractivity contribution in [1.29, 1.82) is 0 Å². The zero-order valence-corrected chi connectivity index (χ0v) is 22.2. The fourth-order valence-electron chi connectivity index (χ4n) is 4.64. The Morgan fingerprint density at radius 3 is 2.53 bits per heavy atom. The van der Waals surface area contributed by atoms with Crippen LogP contribution in [0.15, 0.2) is 72.8 Å². The quantitative estimate of drug-likeness (QED) is 0.281. The molecule has 3 aromatic carbocycles. The molecule has 9 heteroatoms. The van der Waals surface area contributed by atoms with Gasteiger partial charge >= 0.3 is 0 Å². The number of nitrogens with zero attached hydrogens (tertiary/aromatic N) is 1. The third kappa shape index (κ3) is 5.28. The van der Waals surface area contributed by atoms with E-state index in [-0.39, 0.29) is 34.1 Å². The first-order chi connectivity index (χ1) is 18.3. The number of nitrogens with one attached hydrogen (secondary N) is 1. The molecule has 1 fully saturated rings. The number of carbonyl (C=O) groups is 3. The number of rotatable bonds is 9. The Bertz CT molecular complexity index is 1490. The lowest BCUT2D eigenvalue weighted by Crippen LogP contribution is -2.32. The number of amides is 2. The third-order valence-corrected chi connectivity index (χ3v) is 8.36. The molecule has 1 aliphatic heterocycles. The first-order valence-electron chi connectivity index (χ1n) is 12.1. The van der Waals surface area contributed by atoms with E-state index >= 15 is 0 Å². The van der Waals surface area contributed by atoms with E-state index in [1.807, 2.05) is 48.5 Å². The largest absolute Gasteiger partial charge is 0.497 e. The molecule has 0 radical (unpaired) electrons. The number of thioether (sulfide) groups is 1. The second-order valence-corrected chi connectivity index (χ2v) is 10.8. The molecule has 0 aliphatic carbocycles. The Morgan fingerprint density at radius 1 is 1.08 bits per heavy atom. The average molecular weight is 548 g/mol. The molecule has 2 heterocycles. The second-order valence-electron chi connectivity index (χ2n) is 9.11. The van der Waals surface area contributed by atoms with Crippen molar-refractivity contribution in [1.82, 2.24) is 4.98 Å². The summed E-state index contributed by atoms with van der Waals surface area (Å²) in [6.07, 6.45) is 1.04. The second kappa shape index (κ2) is 10.9. The minimum atomic E-state index is -0.645. The van der Waals surface area contributed by atoms with Gasteiger partial charge in [-0.1, -0.05) is 41.9 Å². The molecule has 7 nitrogen and oxygen atoms in total. The number of ketones is 1. The highest BCUT2D eigenvalue weighted by Crippen LogP contribution is 2.47. The summed E-state index contributed by atoms with van der Waals surface area (Å²) < 4.78 is 5.28. The van der Waals surface area contributed by atoms with Crippen LogP contribution < -0.4 is 15.4 Å². The molecule has 1 aromatic heterocycles. The molecule has 0 saturated carbocycles. The number of halogens is 1. The number of H-pyrrole nitrogens is 1. The van der Waals surface area contributed by atoms with Crippen LogP contribution in [-0.2, 0) is 16.0 Å². The molecular weight excluding hydrogens is 522 g/mol. The van der Waals surface area contributed by atoms with E-state index < -0.39 is 11.2 Å². The standard InChI is InChI=1S/C29H26ClN3O4S/c1-37-22-11-6-17(7-12-22)29-33(20-9-13-23(27(31)35)24(30)15-20)28(36)26(38-29)16-21(34)10-8-19-14-18-4-2-3-5-25(18)32-19/h2-7,9,11-15,26,29,32H,8,10,16H2,1H3,(H2,31,35).